The van der Waals surface area contributed by atoms with Gasteiger partial charge in [-0.25, -0.2) is 0 Å². The summed E-state index contributed by atoms with van der Waals surface area (Å²) in [6.45, 7) is 2.12. The van der Waals surface area contributed by atoms with Crippen LogP contribution in [0.3, 0.4) is 0 Å². The van der Waals surface area contributed by atoms with Crippen molar-refractivity contribution < 1.29 is 4.74 Å². The lowest BCUT2D eigenvalue weighted by atomic mass is 9.96. The molecule has 1 nitrogen and oxygen atoms in total. The molecule has 3 aromatic rings. The fraction of sp³-hybridized carbons (Fsp3) is 0.111. The number of fused-ring (bicyclic) bond motifs is 4. The summed E-state index contributed by atoms with van der Waals surface area (Å²) in [5, 5.41) is 2.43. The SMILES string of the molecule is Cc1ccc2c(c1)Cc1ccc3ccccc3c1O2. The Morgan fingerprint density at radius 1 is 0.895 bits per heavy atom. The molecule has 1 heteroatoms. The Bertz CT molecular complexity index is 787. The molecule has 0 bridgehead atoms. The van der Waals surface area contributed by atoms with Crippen LogP contribution in [0.2, 0.25) is 0 Å². The minimum atomic E-state index is 0.956. The molecule has 0 N–H and O–H groups in total. The number of hydrogen-bond acceptors (Lipinski definition) is 1. The van der Waals surface area contributed by atoms with Crippen LogP contribution >= 0.6 is 0 Å². The van der Waals surface area contributed by atoms with Crippen molar-refractivity contribution in [3.63, 3.8) is 0 Å². The fourth-order valence-electron chi connectivity index (χ4n) is 2.81. The molecule has 0 fully saturated rings. The quantitative estimate of drug-likeness (QED) is 0.431. The van der Waals surface area contributed by atoms with Crippen LogP contribution in [0.25, 0.3) is 10.8 Å². The summed E-state index contributed by atoms with van der Waals surface area (Å²) in [5.41, 5.74) is 3.84. The van der Waals surface area contributed by atoms with Crippen LogP contribution in [0.5, 0.6) is 11.5 Å². The van der Waals surface area contributed by atoms with E-state index in [1.54, 1.807) is 0 Å². The second-order valence-electron chi connectivity index (χ2n) is 5.16. The summed E-state index contributed by atoms with van der Waals surface area (Å²) in [7, 11) is 0. The normalized spacial score (nSPS) is 12.7. The topological polar surface area (TPSA) is 9.23 Å². The van der Waals surface area contributed by atoms with E-state index in [0.717, 1.165) is 17.9 Å². The van der Waals surface area contributed by atoms with E-state index in [4.69, 9.17) is 4.74 Å². The average Bonchev–Trinajstić information content (AvgIpc) is 2.45. The first-order valence-corrected chi connectivity index (χ1v) is 6.59. The van der Waals surface area contributed by atoms with Crippen LogP contribution in [0.1, 0.15) is 16.7 Å². The highest BCUT2D eigenvalue weighted by molar-refractivity contribution is 5.90. The van der Waals surface area contributed by atoms with Gasteiger partial charge in [-0.1, -0.05) is 54.1 Å². The van der Waals surface area contributed by atoms with Crippen LogP contribution in [-0.4, -0.2) is 0 Å². The molecular weight excluding hydrogens is 232 g/mol. The average molecular weight is 246 g/mol. The summed E-state index contributed by atoms with van der Waals surface area (Å²) in [6, 6.07) is 19.2. The van der Waals surface area contributed by atoms with Crippen molar-refractivity contribution >= 4 is 10.8 Å². The van der Waals surface area contributed by atoms with Crippen LogP contribution in [0.15, 0.2) is 54.6 Å². The van der Waals surface area contributed by atoms with E-state index in [2.05, 4.69) is 61.5 Å². The summed E-state index contributed by atoms with van der Waals surface area (Å²) in [5.74, 6) is 2.02. The van der Waals surface area contributed by atoms with E-state index < -0.39 is 0 Å². The molecule has 92 valence electrons. The third kappa shape index (κ3) is 1.62. The number of benzene rings is 3. The summed E-state index contributed by atoms with van der Waals surface area (Å²) in [4.78, 5) is 0. The molecule has 4 rings (SSSR count). The van der Waals surface area contributed by atoms with Crippen LogP contribution < -0.4 is 4.74 Å². The lowest BCUT2D eigenvalue weighted by Gasteiger charge is -2.22. The van der Waals surface area contributed by atoms with Gasteiger partial charge in [0.25, 0.3) is 0 Å². The molecular formula is C18H14O. The number of aryl methyl sites for hydroxylation is 1. The van der Waals surface area contributed by atoms with Crippen molar-refractivity contribution in [3.8, 4) is 11.5 Å². The minimum Gasteiger partial charge on any atom is -0.456 e. The maximum atomic E-state index is 6.15. The fourth-order valence-corrected chi connectivity index (χ4v) is 2.81. The van der Waals surface area contributed by atoms with Crippen molar-refractivity contribution in [3.05, 3.63) is 71.3 Å². The number of hydrogen-bond donors (Lipinski definition) is 0. The Kier molecular flexibility index (Phi) is 2.16. The highest BCUT2D eigenvalue weighted by atomic mass is 16.5. The zero-order chi connectivity index (χ0) is 12.8. The molecule has 19 heavy (non-hydrogen) atoms. The molecule has 0 unspecified atom stereocenters. The molecule has 0 atom stereocenters. The maximum Gasteiger partial charge on any atom is 0.138 e. The molecule has 0 aliphatic carbocycles. The molecule has 1 aliphatic heterocycles. The second kappa shape index (κ2) is 3.86. The van der Waals surface area contributed by atoms with Gasteiger partial charge in [-0.2, -0.15) is 0 Å². The third-order valence-corrected chi connectivity index (χ3v) is 3.77. The van der Waals surface area contributed by atoms with Crippen LogP contribution in [0.4, 0.5) is 0 Å². The van der Waals surface area contributed by atoms with Gasteiger partial charge in [-0.05, 0) is 29.5 Å². The highest BCUT2D eigenvalue weighted by Gasteiger charge is 2.18. The lowest BCUT2D eigenvalue weighted by molar-refractivity contribution is 0.465. The Labute approximate surface area is 112 Å². The predicted octanol–water partition coefficient (Wildman–Crippen LogP) is 4.84. The Hall–Kier alpha value is -2.28. The van der Waals surface area contributed by atoms with E-state index in [1.807, 2.05) is 0 Å². The first-order valence-electron chi connectivity index (χ1n) is 6.59. The molecule has 0 radical (unpaired) electrons. The van der Waals surface area contributed by atoms with Crippen molar-refractivity contribution in [2.75, 3.05) is 0 Å². The molecule has 0 amide bonds. The Morgan fingerprint density at radius 3 is 2.74 bits per heavy atom. The summed E-state index contributed by atoms with van der Waals surface area (Å²) in [6.07, 6.45) is 0.956. The monoisotopic (exact) mass is 246 g/mol. The summed E-state index contributed by atoms with van der Waals surface area (Å²) >= 11 is 0. The van der Waals surface area contributed by atoms with Gasteiger partial charge >= 0.3 is 0 Å². The Balaban J connectivity index is 1.94. The van der Waals surface area contributed by atoms with Crippen LogP contribution in [0, 0.1) is 6.92 Å². The standard InChI is InChI=1S/C18H14O/c1-12-6-9-17-15(10-12)11-14-8-7-13-4-2-3-5-16(13)18(14)19-17/h2-10H,11H2,1H3. The van der Waals surface area contributed by atoms with Crippen molar-refractivity contribution in [1.82, 2.24) is 0 Å². The van der Waals surface area contributed by atoms with Gasteiger partial charge in [0, 0.05) is 11.8 Å². The van der Waals surface area contributed by atoms with Gasteiger partial charge in [0.15, 0.2) is 0 Å². The van der Waals surface area contributed by atoms with Gasteiger partial charge in [-0.15, -0.1) is 0 Å². The van der Waals surface area contributed by atoms with Crippen molar-refractivity contribution in [2.45, 2.75) is 13.3 Å². The predicted molar refractivity (Wildman–Crippen MR) is 78.0 cm³/mol. The lowest BCUT2D eigenvalue weighted by Crippen LogP contribution is -2.03. The van der Waals surface area contributed by atoms with Gasteiger partial charge in [-0.3, -0.25) is 0 Å². The van der Waals surface area contributed by atoms with Crippen molar-refractivity contribution in [2.24, 2.45) is 0 Å². The van der Waals surface area contributed by atoms with E-state index in [1.165, 1.54) is 27.5 Å². The third-order valence-electron chi connectivity index (χ3n) is 3.77. The molecule has 0 spiro atoms. The maximum absolute atomic E-state index is 6.15. The second-order valence-corrected chi connectivity index (χ2v) is 5.16. The van der Waals surface area contributed by atoms with E-state index in [-0.39, 0.29) is 0 Å². The number of ether oxygens (including phenoxy) is 1. The van der Waals surface area contributed by atoms with Gasteiger partial charge < -0.3 is 4.74 Å². The first kappa shape index (κ1) is 10.6. The zero-order valence-corrected chi connectivity index (χ0v) is 10.8. The smallest absolute Gasteiger partial charge is 0.138 e. The molecule has 3 aromatic carbocycles. The van der Waals surface area contributed by atoms with E-state index >= 15 is 0 Å². The molecule has 1 heterocycles. The van der Waals surface area contributed by atoms with Gasteiger partial charge in [0.2, 0.25) is 0 Å². The molecule has 0 aromatic heterocycles. The largest absolute Gasteiger partial charge is 0.456 e. The first-order chi connectivity index (χ1) is 9.31. The molecule has 0 saturated heterocycles. The molecule has 1 aliphatic rings. The zero-order valence-electron chi connectivity index (χ0n) is 10.8. The van der Waals surface area contributed by atoms with Crippen molar-refractivity contribution in [1.29, 1.82) is 0 Å². The highest BCUT2D eigenvalue weighted by Crippen LogP contribution is 2.41. The Morgan fingerprint density at radius 2 is 1.79 bits per heavy atom. The van der Waals surface area contributed by atoms with Gasteiger partial charge in [0.1, 0.15) is 11.5 Å². The summed E-state index contributed by atoms with van der Waals surface area (Å²) < 4.78 is 6.15. The van der Waals surface area contributed by atoms with E-state index in [0.29, 0.717) is 0 Å². The number of rotatable bonds is 0. The molecule has 0 saturated carbocycles. The van der Waals surface area contributed by atoms with E-state index in [9.17, 15) is 0 Å². The van der Waals surface area contributed by atoms with Gasteiger partial charge in [0.05, 0.1) is 0 Å². The van der Waals surface area contributed by atoms with Crippen LogP contribution in [-0.2, 0) is 6.42 Å². The minimum absolute atomic E-state index is 0.956.